The summed E-state index contributed by atoms with van der Waals surface area (Å²) in [6.45, 7) is 11.4. The Hall–Kier alpha value is -2.15. The molecule has 2 aromatic heterocycles. The highest BCUT2D eigenvalue weighted by molar-refractivity contribution is 5.96. The number of morpholine rings is 1. The monoisotopic (exact) mass is 332 g/mol. The summed E-state index contributed by atoms with van der Waals surface area (Å²) in [5.41, 5.74) is 2.80. The molecule has 2 aromatic rings. The van der Waals surface area contributed by atoms with Crippen molar-refractivity contribution in [2.45, 2.75) is 46.7 Å². The van der Waals surface area contributed by atoms with Crippen molar-refractivity contribution in [3.05, 3.63) is 34.8 Å². The number of aromatic nitrogens is 3. The molecule has 0 N–H and O–H groups in total. The van der Waals surface area contributed by atoms with E-state index in [2.05, 4.69) is 28.6 Å². The number of rotatable bonds is 3. The number of carbonyl (C=O) groups excluding carboxylic acids is 1. The van der Waals surface area contributed by atoms with E-state index in [1.165, 1.54) is 0 Å². The van der Waals surface area contributed by atoms with E-state index in [-0.39, 0.29) is 11.9 Å². The van der Waals surface area contributed by atoms with E-state index in [0.29, 0.717) is 37.6 Å². The summed E-state index contributed by atoms with van der Waals surface area (Å²) in [4.78, 5) is 14.9. The molecule has 0 bridgehead atoms. The third-order valence-electron chi connectivity index (χ3n) is 4.45. The molecule has 3 rings (SSSR count). The number of nitrogens with zero attached hydrogens (tertiary/aromatic N) is 4. The molecule has 130 valence electrons. The van der Waals surface area contributed by atoms with Crippen molar-refractivity contribution in [2.24, 2.45) is 0 Å². The summed E-state index contributed by atoms with van der Waals surface area (Å²) in [5, 5.41) is 7.95. The topological polar surface area (TPSA) is 73.4 Å². The minimum atomic E-state index is -0.338. The van der Waals surface area contributed by atoms with Crippen LogP contribution >= 0.6 is 0 Å². The van der Waals surface area contributed by atoms with Gasteiger partial charge >= 0.3 is 0 Å². The van der Waals surface area contributed by atoms with Crippen LogP contribution in [-0.4, -0.2) is 45.3 Å². The number of hydrogen-bond acceptors (Lipinski definition) is 5. The van der Waals surface area contributed by atoms with E-state index in [9.17, 15) is 4.79 Å². The van der Waals surface area contributed by atoms with Gasteiger partial charge in [-0.3, -0.25) is 4.79 Å². The van der Waals surface area contributed by atoms with Crippen LogP contribution in [0.3, 0.4) is 0 Å². The SMILES string of the molecule is Cc1nnc(C2COCCN2C(=O)c2cc(C)n(C(C)C)c2C)o1. The van der Waals surface area contributed by atoms with Crippen molar-refractivity contribution in [1.29, 1.82) is 0 Å². The van der Waals surface area contributed by atoms with Crippen molar-refractivity contribution in [3.8, 4) is 0 Å². The first-order valence-corrected chi connectivity index (χ1v) is 8.27. The molecule has 1 saturated heterocycles. The zero-order valence-corrected chi connectivity index (χ0v) is 14.9. The standard InChI is InChI=1S/C17H24N4O3/c1-10(2)21-11(3)8-14(12(21)4)17(22)20-6-7-23-9-15(20)16-19-18-13(5)24-16/h8,10,15H,6-7,9H2,1-5H3. The van der Waals surface area contributed by atoms with Gasteiger partial charge in [-0.25, -0.2) is 0 Å². The number of ether oxygens (including phenoxy) is 1. The lowest BCUT2D eigenvalue weighted by molar-refractivity contribution is -0.0106. The van der Waals surface area contributed by atoms with Gasteiger partial charge in [0, 0.05) is 30.9 Å². The van der Waals surface area contributed by atoms with E-state index in [1.807, 2.05) is 19.9 Å². The maximum Gasteiger partial charge on any atom is 0.256 e. The van der Waals surface area contributed by atoms with Crippen molar-refractivity contribution in [1.82, 2.24) is 19.7 Å². The van der Waals surface area contributed by atoms with E-state index in [0.717, 1.165) is 17.0 Å². The van der Waals surface area contributed by atoms with Gasteiger partial charge in [0.1, 0.15) is 6.04 Å². The molecular weight excluding hydrogens is 308 g/mol. The Kier molecular flexibility index (Phi) is 4.45. The zero-order chi connectivity index (χ0) is 17.4. The third kappa shape index (κ3) is 2.84. The van der Waals surface area contributed by atoms with Crippen molar-refractivity contribution in [3.63, 3.8) is 0 Å². The van der Waals surface area contributed by atoms with Gasteiger partial charge in [0.25, 0.3) is 5.91 Å². The molecule has 3 heterocycles. The van der Waals surface area contributed by atoms with Crippen LogP contribution in [0, 0.1) is 20.8 Å². The fraction of sp³-hybridized carbons (Fsp3) is 0.588. The first-order chi connectivity index (χ1) is 11.4. The van der Waals surface area contributed by atoms with Crippen LogP contribution in [0.5, 0.6) is 0 Å². The van der Waals surface area contributed by atoms with E-state index >= 15 is 0 Å². The van der Waals surface area contributed by atoms with E-state index < -0.39 is 0 Å². The first kappa shape index (κ1) is 16.7. The van der Waals surface area contributed by atoms with Gasteiger partial charge in [-0.15, -0.1) is 10.2 Å². The molecule has 0 aliphatic carbocycles. The number of aryl methyl sites for hydroxylation is 2. The van der Waals surface area contributed by atoms with Crippen LogP contribution in [0.4, 0.5) is 0 Å². The first-order valence-electron chi connectivity index (χ1n) is 8.27. The van der Waals surface area contributed by atoms with Crippen LogP contribution in [0.15, 0.2) is 10.5 Å². The van der Waals surface area contributed by atoms with Crippen LogP contribution in [0.25, 0.3) is 0 Å². The minimum absolute atomic E-state index is 0.0147. The van der Waals surface area contributed by atoms with Gasteiger partial charge < -0.3 is 18.6 Å². The average Bonchev–Trinajstić information content (AvgIpc) is 3.10. The molecule has 1 amide bonds. The fourth-order valence-corrected chi connectivity index (χ4v) is 3.44. The highest BCUT2D eigenvalue weighted by Crippen LogP contribution is 2.28. The second-order valence-corrected chi connectivity index (χ2v) is 6.50. The van der Waals surface area contributed by atoms with Crippen LogP contribution in [0.1, 0.15) is 59.5 Å². The Morgan fingerprint density at radius 1 is 1.29 bits per heavy atom. The molecule has 0 radical (unpaired) electrons. The second kappa shape index (κ2) is 6.39. The average molecular weight is 332 g/mol. The van der Waals surface area contributed by atoms with Crippen molar-refractivity contribution >= 4 is 5.91 Å². The van der Waals surface area contributed by atoms with Gasteiger partial charge in [-0.05, 0) is 33.8 Å². The summed E-state index contributed by atoms with van der Waals surface area (Å²) in [6, 6.07) is 1.93. The van der Waals surface area contributed by atoms with Gasteiger partial charge in [0.15, 0.2) is 0 Å². The second-order valence-electron chi connectivity index (χ2n) is 6.50. The summed E-state index contributed by atoms with van der Waals surface area (Å²) >= 11 is 0. The van der Waals surface area contributed by atoms with E-state index in [1.54, 1.807) is 11.8 Å². The summed E-state index contributed by atoms with van der Waals surface area (Å²) in [7, 11) is 0. The van der Waals surface area contributed by atoms with Gasteiger partial charge in [0.2, 0.25) is 11.8 Å². The summed E-state index contributed by atoms with van der Waals surface area (Å²) in [6.07, 6.45) is 0. The van der Waals surface area contributed by atoms with Gasteiger partial charge in [-0.2, -0.15) is 0 Å². The smallest absolute Gasteiger partial charge is 0.256 e. The Morgan fingerprint density at radius 3 is 2.62 bits per heavy atom. The Balaban J connectivity index is 1.94. The van der Waals surface area contributed by atoms with Crippen LogP contribution in [-0.2, 0) is 4.74 Å². The number of amides is 1. The summed E-state index contributed by atoms with van der Waals surface area (Å²) in [5.74, 6) is 0.901. The lowest BCUT2D eigenvalue weighted by atomic mass is 10.1. The molecule has 1 atom stereocenters. The Labute approximate surface area is 141 Å². The molecule has 1 aliphatic rings. The maximum atomic E-state index is 13.2. The van der Waals surface area contributed by atoms with Gasteiger partial charge in [-0.1, -0.05) is 0 Å². The van der Waals surface area contributed by atoms with Gasteiger partial charge in [0.05, 0.1) is 18.8 Å². The van der Waals surface area contributed by atoms with E-state index in [4.69, 9.17) is 9.15 Å². The maximum absolute atomic E-state index is 13.2. The molecule has 7 nitrogen and oxygen atoms in total. The van der Waals surface area contributed by atoms with Crippen LogP contribution < -0.4 is 0 Å². The lowest BCUT2D eigenvalue weighted by Crippen LogP contribution is -2.43. The predicted molar refractivity (Wildman–Crippen MR) is 87.9 cm³/mol. The number of carbonyl (C=O) groups is 1. The number of hydrogen-bond donors (Lipinski definition) is 0. The molecule has 0 spiro atoms. The Bertz CT molecular complexity index is 747. The molecule has 24 heavy (non-hydrogen) atoms. The molecule has 0 saturated carbocycles. The molecule has 1 aliphatic heterocycles. The highest BCUT2D eigenvalue weighted by Gasteiger charge is 2.34. The van der Waals surface area contributed by atoms with Crippen LogP contribution in [0.2, 0.25) is 0 Å². The lowest BCUT2D eigenvalue weighted by Gasteiger charge is -2.33. The molecular formula is C17H24N4O3. The zero-order valence-electron chi connectivity index (χ0n) is 14.9. The third-order valence-corrected chi connectivity index (χ3v) is 4.45. The minimum Gasteiger partial charge on any atom is -0.423 e. The largest absolute Gasteiger partial charge is 0.423 e. The van der Waals surface area contributed by atoms with Crippen molar-refractivity contribution < 1.29 is 13.9 Å². The highest BCUT2D eigenvalue weighted by atomic mass is 16.5. The quantitative estimate of drug-likeness (QED) is 0.864. The molecule has 1 fully saturated rings. The molecule has 1 unspecified atom stereocenters. The molecule has 0 aromatic carbocycles. The fourth-order valence-electron chi connectivity index (χ4n) is 3.44. The Morgan fingerprint density at radius 2 is 2.04 bits per heavy atom. The normalized spacial score (nSPS) is 18.4. The predicted octanol–water partition coefficient (Wildman–Crippen LogP) is 2.59. The molecule has 7 heteroatoms. The summed E-state index contributed by atoms with van der Waals surface area (Å²) < 4.78 is 13.2. The van der Waals surface area contributed by atoms with Crippen molar-refractivity contribution in [2.75, 3.05) is 19.8 Å².